The summed E-state index contributed by atoms with van der Waals surface area (Å²) < 4.78 is 9.36. The standard InChI is InChI=1S/H2N3O2P/c1-2-3-6(4)5/h6H,(H,4,5). The molecule has 5 nitrogen and oxygen atoms in total. The van der Waals surface area contributed by atoms with Gasteiger partial charge in [-0.2, -0.15) is 0 Å². The molecular weight excluding hydrogens is 105 g/mol. The van der Waals surface area contributed by atoms with E-state index in [9.17, 15) is 4.57 Å². The molecule has 6 heavy (non-hydrogen) atoms. The Balaban J connectivity index is 3.60. The van der Waals surface area contributed by atoms with Gasteiger partial charge in [-0.3, -0.25) is 4.57 Å². The first-order valence-corrected chi connectivity index (χ1v) is 2.35. The van der Waals surface area contributed by atoms with E-state index in [1.54, 1.807) is 0 Å². The van der Waals surface area contributed by atoms with E-state index in [1.165, 1.54) is 0 Å². The third-order valence-corrected chi connectivity index (χ3v) is 0.391. The summed E-state index contributed by atoms with van der Waals surface area (Å²) in [6.45, 7) is 0. The average Bonchev–Trinajstić information content (AvgIpc) is 1.35. The Morgan fingerprint density at radius 2 is 2.50 bits per heavy atom. The molecule has 0 aromatic carbocycles. The van der Waals surface area contributed by atoms with E-state index in [0.717, 1.165) is 0 Å². The fraction of sp³-hybridized carbons (Fsp3) is 0. The maximum Gasteiger partial charge on any atom is 0.275 e. The molecule has 0 aliphatic carbocycles. The Kier molecular flexibility index (Phi) is 2.50. The zero-order chi connectivity index (χ0) is 4.99. The lowest BCUT2D eigenvalue weighted by atomic mass is 13.0. The Bertz CT molecular complexity index is 101. The highest BCUT2D eigenvalue weighted by Crippen LogP contribution is 2.12. The lowest BCUT2D eigenvalue weighted by Gasteiger charge is -1.65. The van der Waals surface area contributed by atoms with E-state index in [0.29, 0.717) is 0 Å². The summed E-state index contributed by atoms with van der Waals surface area (Å²) in [7, 11) is -2.93. The molecule has 1 N–H and O–H groups in total. The second-order valence-electron chi connectivity index (χ2n) is 0.472. The molecule has 0 saturated heterocycles. The van der Waals surface area contributed by atoms with Gasteiger partial charge in [-0.25, -0.2) is 0 Å². The van der Waals surface area contributed by atoms with Gasteiger partial charge in [0, 0.05) is 4.91 Å². The van der Waals surface area contributed by atoms with Crippen LogP contribution in [0.25, 0.3) is 10.4 Å². The van der Waals surface area contributed by atoms with Gasteiger partial charge in [0.05, 0.1) is 0 Å². The van der Waals surface area contributed by atoms with Crippen molar-refractivity contribution in [3.8, 4) is 0 Å². The van der Waals surface area contributed by atoms with E-state index in [-0.39, 0.29) is 0 Å². The first-order chi connectivity index (χ1) is 2.77. The third-order valence-electron chi connectivity index (χ3n) is 0.130. The molecule has 0 amide bonds. The maximum atomic E-state index is 9.36. The lowest BCUT2D eigenvalue weighted by Crippen LogP contribution is -1.35. The minimum atomic E-state index is -2.93. The van der Waals surface area contributed by atoms with Gasteiger partial charge in [0.15, 0.2) is 0 Å². The van der Waals surface area contributed by atoms with E-state index in [1.807, 2.05) is 4.91 Å². The molecule has 0 heterocycles. The largest absolute Gasteiger partial charge is 0.342 e. The number of nitrogens with zero attached hydrogens (tertiary/aromatic N) is 3. The second kappa shape index (κ2) is 2.72. The van der Waals surface area contributed by atoms with E-state index >= 15 is 0 Å². The molecule has 0 fully saturated rings. The van der Waals surface area contributed by atoms with Gasteiger partial charge in [0.2, 0.25) is 0 Å². The summed E-state index contributed by atoms with van der Waals surface area (Å²) in [5.41, 5.74) is 7.36. The molecule has 0 rings (SSSR count). The van der Waals surface area contributed by atoms with Crippen LogP contribution in [0.5, 0.6) is 0 Å². The summed E-state index contributed by atoms with van der Waals surface area (Å²) in [5.74, 6) is 0. The van der Waals surface area contributed by atoms with Crippen LogP contribution in [0.3, 0.4) is 0 Å². The van der Waals surface area contributed by atoms with E-state index < -0.39 is 8.18 Å². The van der Waals surface area contributed by atoms with Gasteiger partial charge in [0.25, 0.3) is 8.18 Å². The van der Waals surface area contributed by atoms with Crippen LogP contribution >= 0.6 is 8.18 Å². The van der Waals surface area contributed by atoms with Gasteiger partial charge >= 0.3 is 0 Å². The van der Waals surface area contributed by atoms with Crippen molar-refractivity contribution >= 4 is 8.18 Å². The molecule has 0 aromatic heterocycles. The molecular formula is H2N3O2P. The van der Waals surface area contributed by atoms with E-state index in [2.05, 4.69) is 4.88 Å². The Morgan fingerprint density at radius 1 is 2.00 bits per heavy atom. The van der Waals surface area contributed by atoms with E-state index in [4.69, 9.17) is 10.4 Å². The summed E-state index contributed by atoms with van der Waals surface area (Å²) in [5, 5.41) is 0. The van der Waals surface area contributed by atoms with Crippen molar-refractivity contribution in [2.45, 2.75) is 0 Å². The normalized spacial score (nSPS) is 12.2. The van der Waals surface area contributed by atoms with Crippen LogP contribution in [-0.4, -0.2) is 4.89 Å². The van der Waals surface area contributed by atoms with Crippen molar-refractivity contribution in [2.24, 2.45) is 4.88 Å². The van der Waals surface area contributed by atoms with Crippen molar-refractivity contribution in [1.29, 1.82) is 0 Å². The van der Waals surface area contributed by atoms with Crippen molar-refractivity contribution < 1.29 is 9.46 Å². The van der Waals surface area contributed by atoms with Crippen molar-refractivity contribution in [2.75, 3.05) is 0 Å². The SMILES string of the molecule is [N-]=[N+]=N[PH](=O)O. The van der Waals surface area contributed by atoms with Crippen molar-refractivity contribution in [3.05, 3.63) is 10.4 Å². The monoisotopic (exact) mass is 107 g/mol. The zero-order valence-corrected chi connectivity index (χ0v) is 3.70. The Hall–Kier alpha value is -0.500. The summed E-state index contributed by atoms with van der Waals surface area (Å²) in [4.78, 5) is 12.1. The first-order valence-electron chi connectivity index (χ1n) is 1.05. The maximum absolute atomic E-state index is 9.36. The molecule has 0 spiro atoms. The summed E-state index contributed by atoms with van der Waals surface area (Å²) in [6, 6.07) is 0. The molecule has 0 saturated carbocycles. The highest BCUT2D eigenvalue weighted by molar-refractivity contribution is 7.36. The second-order valence-corrected chi connectivity index (χ2v) is 1.24. The smallest absolute Gasteiger partial charge is 0.275 e. The molecule has 0 bridgehead atoms. The van der Waals surface area contributed by atoms with Crippen LogP contribution in [0.4, 0.5) is 0 Å². The highest BCUT2D eigenvalue weighted by Gasteiger charge is 1.73. The first kappa shape index (κ1) is 5.50. The van der Waals surface area contributed by atoms with Crippen LogP contribution in [0.2, 0.25) is 0 Å². The van der Waals surface area contributed by atoms with Gasteiger partial charge in [-0.15, -0.1) is 0 Å². The lowest BCUT2D eigenvalue weighted by molar-refractivity contribution is 0.504. The van der Waals surface area contributed by atoms with Crippen LogP contribution in [0.1, 0.15) is 0 Å². The van der Waals surface area contributed by atoms with Crippen molar-refractivity contribution in [3.63, 3.8) is 0 Å². The number of azide groups is 1. The minimum absolute atomic E-state index is 2.04. The molecule has 0 aromatic rings. The molecule has 1 atom stereocenters. The Labute approximate surface area is 34.1 Å². The topological polar surface area (TPSA) is 86.1 Å². The highest BCUT2D eigenvalue weighted by atomic mass is 31.1. The average molecular weight is 107 g/mol. The molecule has 1 unspecified atom stereocenters. The zero-order valence-electron chi connectivity index (χ0n) is 2.70. The molecule has 0 aliphatic rings. The number of hydrogen-bond donors (Lipinski definition) is 1. The minimum Gasteiger partial charge on any atom is -0.342 e. The third kappa shape index (κ3) is 3.50. The van der Waals surface area contributed by atoms with Crippen molar-refractivity contribution in [1.82, 2.24) is 0 Å². The van der Waals surface area contributed by atoms with Crippen LogP contribution in [0, 0.1) is 0 Å². The molecule has 0 aliphatic heterocycles. The summed E-state index contributed by atoms with van der Waals surface area (Å²) >= 11 is 0. The fourth-order valence-corrected chi connectivity index (χ4v) is 0.115. The fourth-order valence-electron chi connectivity index (χ4n) is 0.0383. The van der Waals surface area contributed by atoms with Gasteiger partial charge in [-0.05, 0) is 10.4 Å². The van der Waals surface area contributed by atoms with Gasteiger partial charge in [-0.1, -0.05) is 0 Å². The quantitative estimate of drug-likeness (QED) is 0.231. The van der Waals surface area contributed by atoms with Crippen LogP contribution in [-0.2, 0) is 4.57 Å². The molecule has 6 heteroatoms. The van der Waals surface area contributed by atoms with Gasteiger partial charge < -0.3 is 4.89 Å². The predicted octanol–water partition coefficient (Wildman–Crippen LogP) is 0.679. The molecule has 34 valence electrons. The molecule has 0 radical (unpaired) electrons. The van der Waals surface area contributed by atoms with Crippen LogP contribution < -0.4 is 0 Å². The Morgan fingerprint density at radius 3 is 2.50 bits per heavy atom. The number of rotatable bonds is 1. The van der Waals surface area contributed by atoms with Gasteiger partial charge in [0.1, 0.15) is 0 Å². The number of hydrogen-bond acceptors (Lipinski definition) is 1. The summed E-state index contributed by atoms with van der Waals surface area (Å²) in [6.07, 6.45) is 0. The predicted molar refractivity (Wildman–Crippen MR) is 20.4 cm³/mol. The van der Waals surface area contributed by atoms with Crippen LogP contribution in [0.15, 0.2) is 4.88 Å².